The Bertz CT molecular complexity index is 313. The number of unbranched alkanes of at least 4 members (excludes halogenated alkanes) is 2. The fourth-order valence-electron chi connectivity index (χ4n) is 2.82. The van der Waals surface area contributed by atoms with Gasteiger partial charge in [0.1, 0.15) is 0 Å². The molecule has 0 spiro atoms. The topological polar surface area (TPSA) is 12.9 Å². The summed E-state index contributed by atoms with van der Waals surface area (Å²) in [5, 5.41) is 0. The number of rotatable bonds is 10. The fraction of sp³-hybridized carbons (Fsp3) is 0.812. The molecule has 0 fully saturated rings. The SMILES string of the molecule is CCC[CH2][Sn]([CH2]CCC)([CH2]CC(C)C)[c]1cncs1. The van der Waals surface area contributed by atoms with E-state index in [0.717, 1.165) is 5.92 Å². The van der Waals surface area contributed by atoms with Gasteiger partial charge in [-0.25, -0.2) is 0 Å². The van der Waals surface area contributed by atoms with Gasteiger partial charge in [-0.05, 0) is 0 Å². The van der Waals surface area contributed by atoms with Crippen LogP contribution in [-0.2, 0) is 0 Å². The molecule has 1 nitrogen and oxygen atoms in total. The summed E-state index contributed by atoms with van der Waals surface area (Å²) in [6.07, 6.45) is 9.25. The number of thiazole rings is 1. The van der Waals surface area contributed by atoms with Crippen molar-refractivity contribution in [3.8, 4) is 0 Å². The molecule has 0 unspecified atom stereocenters. The molecule has 0 aliphatic heterocycles. The summed E-state index contributed by atoms with van der Waals surface area (Å²) in [5.41, 5.74) is 2.06. The number of nitrogens with zero attached hydrogens (tertiary/aromatic N) is 1. The van der Waals surface area contributed by atoms with Crippen LogP contribution in [0.1, 0.15) is 59.8 Å². The maximum atomic E-state index is 4.40. The van der Waals surface area contributed by atoms with Crippen LogP contribution in [0.25, 0.3) is 0 Å². The Labute approximate surface area is 128 Å². The molecule has 0 aliphatic carbocycles. The van der Waals surface area contributed by atoms with Crippen molar-refractivity contribution in [1.82, 2.24) is 4.98 Å². The molecule has 19 heavy (non-hydrogen) atoms. The van der Waals surface area contributed by atoms with Gasteiger partial charge in [-0.3, -0.25) is 0 Å². The zero-order valence-corrected chi connectivity index (χ0v) is 16.9. The molecular formula is C16H31NSSn. The first kappa shape index (κ1) is 17.5. The third kappa shape index (κ3) is 5.74. The molecule has 0 atom stereocenters. The van der Waals surface area contributed by atoms with E-state index in [-0.39, 0.29) is 0 Å². The first-order chi connectivity index (χ1) is 9.14. The van der Waals surface area contributed by atoms with E-state index >= 15 is 0 Å². The third-order valence-corrected chi connectivity index (χ3v) is 23.1. The summed E-state index contributed by atoms with van der Waals surface area (Å²) in [7, 11) is 0. The van der Waals surface area contributed by atoms with Gasteiger partial charge in [0.2, 0.25) is 0 Å². The van der Waals surface area contributed by atoms with Crippen molar-refractivity contribution in [2.75, 3.05) is 0 Å². The molecule has 110 valence electrons. The monoisotopic (exact) mass is 389 g/mol. The van der Waals surface area contributed by atoms with Gasteiger partial charge >= 0.3 is 128 Å². The minimum atomic E-state index is -2.13. The van der Waals surface area contributed by atoms with Gasteiger partial charge in [-0.2, -0.15) is 0 Å². The van der Waals surface area contributed by atoms with Crippen molar-refractivity contribution in [3.63, 3.8) is 0 Å². The van der Waals surface area contributed by atoms with Crippen LogP contribution in [0.2, 0.25) is 13.3 Å². The van der Waals surface area contributed by atoms with Crippen LogP contribution < -0.4 is 2.89 Å². The Kier molecular flexibility index (Phi) is 8.63. The van der Waals surface area contributed by atoms with Crippen LogP contribution in [0.4, 0.5) is 0 Å². The summed E-state index contributed by atoms with van der Waals surface area (Å²) >= 11 is -0.165. The minimum absolute atomic E-state index is 0.854. The van der Waals surface area contributed by atoms with Crippen molar-refractivity contribution in [1.29, 1.82) is 0 Å². The van der Waals surface area contributed by atoms with Gasteiger partial charge in [0.25, 0.3) is 0 Å². The van der Waals surface area contributed by atoms with Crippen molar-refractivity contribution in [3.05, 3.63) is 11.7 Å². The van der Waals surface area contributed by atoms with Gasteiger partial charge in [0.05, 0.1) is 0 Å². The van der Waals surface area contributed by atoms with E-state index in [2.05, 4.69) is 44.4 Å². The second-order valence-electron chi connectivity index (χ2n) is 6.29. The van der Waals surface area contributed by atoms with Crippen LogP contribution in [-0.4, -0.2) is 23.4 Å². The fourth-order valence-corrected chi connectivity index (χ4v) is 22.4. The van der Waals surface area contributed by atoms with E-state index in [4.69, 9.17) is 0 Å². The van der Waals surface area contributed by atoms with E-state index in [1.165, 1.54) is 32.1 Å². The first-order valence-corrected chi connectivity index (χ1v) is 16.4. The van der Waals surface area contributed by atoms with Crippen LogP contribution >= 0.6 is 11.3 Å². The number of hydrogen-bond acceptors (Lipinski definition) is 2. The maximum absolute atomic E-state index is 4.40. The third-order valence-electron chi connectivity index (χ3n) is 4.17. The molecule has 0 N–H and O–H groups in total. The van der Waals surface area contributed by atoms with Gasteiger partial charge in [0, 0.05) is 0 Å². The average Bonchev–Trinajstić information content (AvgIpc) is 2.93. The van der Waals surface area contributed by atoms with E-state index in [0.29, 0.717) is 0 Å². The van der Waals surface area contributed by atoms with E-state index in [9.17, 15) is 0 Å². The van der Waals surface area contributed by atoms with E-state index < -0.39 is 18.4 Å². The van der Waals surface area contributed by atoms with Gasteiger partial charge in [-0.15, -0.1) is 0 Å². The molecule has 0 saturated heterocycles. The summed E-state index contributed by atoms with van der Waals surface area (Å²) in [5.74, 6) is 0.854. The molecule has 1 aromatic rings. The Morgan fingerprint density at radius 1 is 1.11 bits per heavy atom. The summed E-state index contributed by atoms with van der Waals surface area (Å²) in [6.45, 7) is 9.43. The van der Waals surface area contributed by atoms with E-state index in [1.54, 1.807) is 16.2 Å². The predicted octanol–water partition coefficient (Wildman–Crippen LogP) is 5.45. The molecule has 0 aromatic carbocycles. The Balaban J connectivity index is 2.87. The predicted molar refractivity (Wildman–Crippen MR) is 91.2 cm³/mol. The van der Waals surface area contributed by atoms with Gasteiger partial charge in [-0.1, -0.05) is 0 Å². The van der Waals surface area contributed by atoms with Crippen LogP contribution in [0.3, 0.4) is 0 Å². The van der Waals surface area contributed by atoms with Crippen molar-refractivity contribution >= 4 is 32.6 Å². The second kappa shape index (κ2) is 9.38. The normalized spacial score (nSPS) is 12.3. The van der Waals surface area contributed by atoms with Crippen LogP contribution in [0.5, 0.6) is 0 Å². The molecule has 0 radical (unpaired) electrons. The molecule has 0 aliphatic rings. The van der Waals surface area contributed by atoms with Crippen molar-refractivity contribution < 1.29 is 0 Å². The van der Waals surface area contributed by atoms with Crippen molar-refractivity contribution in [2.45, 2.75) is 73.1 Å². The molecule has 0 bridgehead atoms. The second-order valence-corrected chi connectivity index (χ2v) is 21.3. The molecule has 0 amide bonds. The van der Waals surface area contributed by atoms with E-state index in [1.807, 2.05) is 11.3 Å². The number of aromatic nitrogens is 1. The summed E-state index contributed by atoms with van der Waals surface area (Å²) in [4.78, 5) is 4.40. The Morgan fingerprint density at radius 3 is 2.16 bits per heavy atom. The molecule has 1 rings (SSSR count). The first-order valence-electron chi connectivity index (χ1n) is 8.03. The quantitative estimate of drug-likeness (QED) is 0.486. The van der Waals surface area contributed by atoms with Crippen LogP contribution in [0, 0.1) is 5.92 Å². The standard InChI is InChI=1S/C5H11.2C4H9.C3H2NS.Sn/c1-4-5(2)3;2*1-3-4-2;1-2-5-3-4-1;/h5H,1,4H2,2-3H3;2*1,3-4H2,2H3;1,3H;. The molecule has 1 aromatic heterocycles. The molecular weight excluding hydrogens is 357 g/mol. The van der Waals surface area contributed by atoms with Gasteiger partial charge in [0.15, 0.2) is 0 Å². The zero-order valence-electron chi connectivity index (χ0n) is 13.2. The molecule has 3 heteroatoms. The number of hydrogen-bond donors (Lipinski definition) is 0. The summed E-state index contributed by atoms with van der Waals surface area (Å²) < 4.78 is 6.41. The molecule has 1 heterocycles. The average molecular weight is 388 g/mol. The zero-order chi connectivity index (χ0) is 14.1. The van der Waals surface area contributed by atoms with Gasteiger partial charge < -0.3 is 0 Å². The van der Waals surface area contributed by atoms with Crippen molar-refractivity contribution in [2.24, 2.45) is 5.92 Å². The molecule has 0 saturated carbocycles. The Hall–Kier alpha value is 0.429. The summed E-state index contributed by atoms with van der Waals surface area (Å²) in [6, 6.07) is 0. The van der Waals surface area contributed by atoms with Crippen LogP contribution in [0.15, 0.2) is 11.7 Å². The Morgan fingerprint density at radius 2 is 1.74 bits per heavy atom.